The van der Waals surface area contributed by atoms with E-state index in [1.54, 1.807) is 6.92 Å². The van der Waals surface area contributed by atoms with Crippen molar-refractivity contribution in [2.75, 3.05) is 23.8 Å². The van der Waals surface area contributed by atoms with Crippen LogP contribution < -0.4 is 10.5 Å². The highest BCUT2D eigenvalue weighted by Gasteiger charge is 2.20. The van der Waals surface area contributed by atoms with Gasteiger partial charge in [0.2, 0.25) is 0 Å². The maximum absolute atomic E-state index is 11.9. The normalized spacial score (nSPS) is 11.3. The SMILES string of the molecule is C#CCSCCNS(=O)(=O)c1sc(N)nc1C. The molecule has 5 nitrogen and oxygen atoms in total. The third kappa shape index (κ3) is 4.20. The summed E-state index contributed by atoms with van der Waals surface area (Å²) in [5.41, 5.74) is 5.89. The minimum absolute atomic E-state index is 0.178. The lowest BCUT2D eigenvalue weighted by molar-refractivity contribution is 0.585. The highest BCUT2D eigenvalue weighted by Crippen LogP contribution is 2.24. The predicted molar refractivity (Wildman–Crippen MR) is 72.6 cm³/mol. The first-order chi connectivity index (χ1) is 7.97. The molecule has 0 aliphatic carbocycles. The fraction of sp³-hybridized carbons (Fsp3) is 0.444. The van der Waals surface area contributed by atoms with Crippen LogP contribution in [0.3, 0.4) is 0 Å². The Hall–Kier alpha value is -0.750. The van der Waals surface area contributed by atoms with Crippen molar-refractivity contribution in [3.63, 3.8) is 0 Å². The standard InChI is InChI=1S/C9H13N3O2S3/c1-3-5-15-6-4-11-17(13,14)8-7(2)12-9(10)16-8/h1,11H,4-6H2,2H3,(H2,10,12). The molecule has 0 fully saturated rings. The zero-order valence-electron chi connectivity index (χ0n) is 9.26. The monoisotopic (exact) mass is 291 g/mol. The maximum atomic E-state index is 11.9. The molecule has 1 aromatic heterocycles. The topological polar surface area (TPSA) is 85.1 Å². The summed E-state index contributed by atoms with van der Waals surface area (Å²) in [5, 5.41) is 0.254. The van der Waals surface area contributed by atoms with Gasteiger partial charge in [0.05, 0.1) is 11.4 Å². The summed E-state index contributed by atoms with van der Waals surface area (Å²) in [6.07, 6.45) is 5.08. The average molecular weight is 291 g/mol. The number of nitrogens with two attached hydrogens (primary N) is 1. The number of nitrogen functional groups attached to an aromatic ring is 1. The van der Waals surface area contributed by atoms with Crippen molar-refractivity contribution in [1.29, 1.82) is 0 Å². The average Bonchev–Trinajstić information content (AvgIpc) is 2.58. The molecule has 0 amide bonds. The van der Waals surface area contributed by atoms with Gasteiger partial charge < -0.3 is 5.73 Å². The lowest BCUT2D eigenvalue weighted by atomic mass is 10.6. The zero-order chi connectivity index (χ0) is 12.9. The highest BCUT2D eigenvalue weighted by molar-refractivity contribution is 7.99. The van der Waals surface area contributed by atoms with Gasteiger partial charge in [0.15, 0.2) is 9.34 Å². The van der Waals surface area contributed by atoms with E-state index in [-0.39, 0.29) is 9.34 Å². The van der Waals surface area contributed by atoms with Gasteiger partial charge >= 0.3 is 0 Å². The number of terminal acetylenes is 1. The number of anilines is 1. The van der Waals surface area contributed by atoms with Crippen LogP contribution in [0.15, 0.2) is 4.21 Å². The quantitative estimate of drug-likeness (QED) is 0.594. The second-order valence-corrected chi connectivity index (χ2v) is 7.18. The van der Waals surface area contributed by atoms with Crippen LogP contribution >= 0.6 is 23.1 Å². The molecule has 0 aromatic carbocycles. The molecule has 3 N–H and O–H groups in total. The van der Waals surface area contributed by atoms with Crippen LogP contribution in [0.4, 0.5) is 5.13 Å². The van der Waals surface area contributed by atoms with Crippen molar-refractivity contribution < 1.29 is 8.42 Å². The number of nitrogens with one attached hydrogen (secondary N) is 1. The van der Waals surface area contributed by atoms with Gasteiger partial charge in [-0.3, -0.25) is 0 Å². The number of hydrogen-bond acceptors (Lipinski definition) is 6. The van der Waals surface area contributed by atoms with E-state index in [2.05, 4.69) is 15.6 Å². The Balaban J connectivity index is 2.58. The molecule has 1 aromatic rings. The fourth-order valence-electron chi connectivity index (χ4n) is 1.10. The van der Waals surface area contributed by atoms with Crippen LogP contribution in [0.25, 0.3) is 0 Å². The molecule has 0 aliphatic rings. The Morgan fingerprint density at radius 3 is 2.88 bits per heavy atom. The van der Waals surface area contributed by atoms with Crippen molar-refractivity contribution in [3.05, 3.63) is 5.69 Å². The Morgan fingerprint density at radius 1 is 1.65 bits per heavy atom. The molecular weight excluding hydrogens is 278 g/mol. The van der Waals surface area contributed by atoms with E-state index < -0.39 is 10.0 Å². The number of aromatic nitrogens is 1. The molecule has 0 atom stereocenters. The van der Waals surface area contributed by atoms with Crippen LogP contribution in [0.2, 0.25) is 0 Å². The number of rotatable bonds is 6. The van der Waals surface area contributed by atoms with Crippen molar-refractivity contribution in [2.24, 2.45) is 0 Å². The molecule has 0 spiro atoms. The van der Waals surface area contributed by atoms with E-state index in [1.807, 2.05) is 0 Å². The number of thiazole rings is 1. The van der Waals surface area contributed by atoms with Gasteiger partial charge in [-0.25, -0.2) is 18.1 Å². The zero-order valence-corrected chi connectivity index (χ0v) is 11.7. The lowest BCUT2D eigenvalue weighted by Crippen LogP contribution is -2.26. The Bertz CT molecular complexity index is 516. The second kappa shape index (κ2) is 6.26. The van der Waals surface area contributed by atoms with Crippen LogP contribution in [-0.2, 0) is 10.0 Å². The molecular formula is C9H13N3O2S3. The van der Waals surface area contributed by atoms with Gasteiger partial charge in [-0.2, -0.15) is 0 Å². The first-order valence-electron chi connectivity index (χ1n) is 4.71. The molecule has 0 radical (unpaired) electrons. The van der Waals surface area contributed by atoms with Crippen LogP contribution in [-0.4, -0.2) is 31.5 Å². The van der Waals surface area contributed by atoms with E-state index in [1.165, 1.54) is 11.8 Å². The van der Waals surface area contributed by atoms with Crippen molar-refractivity contribution >= 4 is 38.3 Å². The summed E-state index contributed by atoms with van der Waals surface area (Å²) in [5.74, 6) is 3.68. The Labute approximate surface area is 109 Å². The van der Waals surface area contributed by atoms with Crippen LogP contribution in [0, 0.1) is 19.3 Å². The second-order valence-electron chi connectivity index (χ2n) is 3.08. The minimum atomic E-state index is -3.50. The summed E-state index contributed by atoms with van der Waals surface area (Å²) in [6.45, 7) is 1.96. The predicted octanol–water partition coefficient (Wildman–Crippen LogP) is 0.678. The van der Waals surface area contributed by atoms with Crippen molar-refractivity contribution in [1.82, 2.24) is 9.71 Å². The summed E-state index contributed by atoms with van der Waals surface area (Å²) in [4.78, 5) is 3.88. The highest BCUT2D eigenvalue weighted by atomic mass is 32.2. The summed E-state index contributed by atoms with van der Waals surface area (Å²) in [7, 11) is -3.50. The first kappa shape index (κ1) is 14.3. The van der Waals surface area contributed by atoms with Gasteiger partial charge in [0, 0.05) is 12.3 Å². The minimum Gasteiger partial charge on any atom is -0.375 e. The lowest BCUT2D eigenvalue weighted by Gasteiger charge is -2.04. The molecule has 1 rings (SSSR count). The molecule has 0 saturated carbocycles. The third-order valence-electron chi connectivity index (χ3n) is 1.74. The van der Waals surface area contributed by atoms with Gasteiger partial charge in [-0.05, 0) is 6.92 Å². The number of sulfonamides is 1. The largest absolute Gasteiger partial charge is 0.375 e. The molecule has 0 saturated heterocycles. The first-order valence-corrected chi connectivity index (χ1v) is 8.16. The molecule has 8 heteroatoms. The molecule has 0 bridgehead atoms. The molecule has 17 heavy (non-hydrogen) atoms. The Morgan fingerprint density at radius 2 is 2.35 bits per heavy atom. The van der Waals surface area contributed by atoms with Crippen LogP contribution in [0.1, 0.15) is 5.69 Å². The number of thioether (sulfide) groups is 1. The van der Waals surface area contributed by atoms with Gasteiger partial charge in [0.1, 0.15) is 0 Å². The van der Waals surface area contributed by atoms with Gasteiger partial charge in [0.25, 0.3) is 10.0 Å². The van der Waals surface area contributed by atoms with Crippen molar-refractivity contribution in [2.45, 2.75) is 11.1 Å². The molecule has 0 unspecified atom stereocenters. The molecule has 1 heterocycles. The van der Waals surface area contributed by atoms with E-state index >= 15 is 0 Å². The summed E-state index contributed by atoms with van der Waals surface area (Å²) in [6, 6.07) is 0. The molecule has 94 valence electrons. The van der Waals surface area contributed by atoms with E-state index in [0.29, 0.717) is 23.7 Å². The molecule has 0 aliphatic heterocycles. The summed E-state index contributed by atoms with van der Waals surface area (Å²) < 4.78 is 26.4. The number of hydrogen-bond donors (Lipinski definition) is 2. The number of nitrogens with zero attached hydrogens (tertiary/aromatic N) is 1. The van der Waals surface area contributed by atoms with Crippen molar-refractivity contribution in [3.8, 4) is 12.3 Å². The maximum Gasteiger partial charge on any atom is 0.252 e. The van der Waals surface area contributed by atoms with E-state index in [9.17, 15) is 8.42 Å². The summed E-state index contributed by atoms with van der Waals surface area (Å²) >= 11 is 2.47. The smallest absolute Gasteiger partial charge is 0.252 e. The Kier molecular flexibility index (Phi) is 5.27. The third-order valence-corrected chi connectivity index (χ3v) is 5.66. The number of aryl methyl sites for hydroxylation is 1. The van der Waals surface area contributed by atoms with Crippen LogP contribution in [0.5, 0.6) is 0 Å². The van der Waals surface area contributed by atoms with E-state index in [4.69, 9.17) is 12.2 Å². The fourth-order valence-corrected chi connectivity index (χ4v) is 4.11. The van der Waals surface area contributed by atoms with E-state index in [0.717, 1.165) is 11.3 Å². The van der Waals surface area contributed by atoms with Gasteiger partial charge in [-0.1, -0.05) is 17.3 Å². The van der Waals surface area contributed by atoms with Gasteiger partial charge in [-0.15, -0.1) is 18.2 Å².